The van der Waals surface area contributed by atoms with Gasteiger partial charge in [0, 0.05) is 11.8 Å². The van der Waals surface area contributed by atoms with Crippen molar-refractivity contribution in [3.63, 3.8) is 0 Å². The number of ketones is 1. The molecule has 0 aromatic heterocycles. The maximum Gasteiger partial charge on any atom is 0.139 e. The molecule has 1 aliphatic carbocycles. The van der Waals surface area contributed by atoms with E-state index in [2.05, 4.69) is 32.9 Å². The number of Topliss-reactive ketones (excluding diaryl/α,β-unsaturated/α-hetero) is 1. The quantitative estimate of drug-likeness (QED) is 0.473. The van der Waals surface area contributed by atoms with Gasteiger partial charge in [0.1, 0.15) is 5.78 Å². The van der Waals surface area contributed by atoms with E-state index in [0.717, 1.165) is 31.6 Å². The van der Waals surface area contributed by atoms with Crippen molar-refractivity contribution >= 4 is 5.78 Å². The molecule has 1 nitrogen and oxygen atoms in total. The van der Waals surface area contributed by atoms with Gasteiger partial charge in [0.2, 0.25) is 0 Å². The smallest absolute Gasteiger partial charge is 0.139 e. The lowest BCUT2D eigenvalue weighted by Gasteiger charge is -2.30. The molecule has 17 heavy (non-hydrogen) atoms. The predicted octanol–water partition coefficient (Wildman–Crippen LogP) is 4.91. The SMILES string of the molecule is CC(C)CCC/C=C/CC1(C)CCCCC1=O. The highest BCUT2D eigenvalue weighted by Gasteiger charge is 2.33. The van der Waals surface area contributed by atoms with Gasteiger partial charge in [-0.3, -0.25) is 4.79 Å². The van der Waals surface area contributed by atoms with Crippen molar-refractivity contribution in [2.45, 2.75) is 72.1 Å². The first-order valence-corrected chi connectivity index (χ1v) is 7.23. The molecule has 1 unspecified atom stereocenters. The van der Waals surface area contributed by atoms with Crippen LogP contribution in [0.25, 0.3) is 0 Å². The molecule has 1 aliphatic rings. The molecule has 0 N–H and O–H groups in total. The Morgan fingerprint density at radius 2 is 2.06 bits per heavy atom. The molecular formula is C16H28O. The Balaban J connectivity index is 2.24. The minimum atomic E-state index is -0.0488. The predicted molar refractivity (Wildman–Crippen MR) is 74.0 cm³/mol. The van der Waals surface area contributed by atoms with E-state index in [9.17, 15) is 4.79 Å². The lowest BCUT2D eigenvalue weighted by Crippen LogP contribution is -2.30. The lowest BCUT2D eigenvalue weighted by molar-refractivity contribution is -0.130. The van der Waals surface area contributed by atoms with Gasteiger partial charge in [0.05, 0.1) is 0 Å². The van der Waals surface area contributed by atoms with Gasteiger partial charge in [-0.05, 0) is 38.0 Å². The number of unbranched alkanes of at least 4 members (excludes halogenated alkanes) is 1. The molecule has 0 saturated heterocycles. The summed E-state index contributed by atoms with van der Waals surface area (Å²) in [4.78, 5) is 11.9. The van der Waals surface area contributed by atoms with Gasteiger partial charge < -0.3 is 0 Å². The molecule has 1 atom stereocenters. The maximum absolute atomic E-state index is 11.9. The summed E-state index contributed by atoms with van der Waals surface area (Å²) in [6.07, 6.45) is 13.4. The van der Waals surface area contributed by atoms with E-state index >= 15 is 0 Å². The fourth-order valence-corrected chi connectivity index (χ4v) is 2.56. The van der Waals surface area contributed by atoms with Crippen LogP contribution in [0.4, 0.5) is 0 Å². The number of carbonyl (C=O) groups excluding carboxylic acids is 1. The van der Waals surface area contributed by atoms with Gasteiger partial charge in [-0.25, -0.2) is 0 Å². The van der Waals surface area contributed by atoms with Crippen molar-refractivity contribution in [3.05, 3.63) is 12.2 Å². The summed E-state index contributed by atoms with van der Waals surface area (Å²) in [6, 6.07) is 0. The Morgan fingerprint density at radius 1 is 1.29 bits per heavy atom. The van der Waals surface area contributed by atoms with Crippen LogP contribution in [0.5, 0.6) is 0 Å². The maximum atomic E-state index is 11.9. The second-order valence-electron chi connectivity index (χ2n) is 6.19. The average molecular weight is 236 g/mol. The van der Waals surface area contributed by atoms with Crippen molar-refractivity contribution in [2.75, 3.05) is 0 Å². The first-order valence-electron chi connectivity index (χ1n) is 7.23. The van der Waals surface area contributed by atoms with Gasteiger partial charge >= 0.3 is 0 Å². The van der Waals surface area contributed by atoms with E-state index in [4.69, 9.17) is 0 Å². The highest BCUT2D eigenvalue weighted by molar-refractivity contribution is 5.85. The van der Waals surface area contributed by atoms with Gasteiger partial charge in [-0.1, -0.05) is 45.8 Å². The van der Waals surface area contributed by atoms with Crippen LogP contribution in [-0.2, 0) is 4.79 Å². The number of allylic oxidation sites excluding steroid dienone is 2. The van der Waals surface area contributed by atoms with E-state index < -0.39 is 0 Å². The molecule has 1 fully saturated rings. The standard InChI is InChI=1S/C16H28O/c1-14(2)10-6-4-5-8-12-16(3)13-9-7-11-15(16)17/h5,8,14H,4,6-7,9-13H2,1-3H3/b8-5+. The largest absolute Gasteiger partial charge is 0.299 e. The highest BCUT2D eigenvalue weighted by atomic mass is 16.1. The molecule has 0 radical (unpaired) electrons. The summed E-state index contributed by atoms with van der Waals surface area (Å²) in [5.41, 5.74) is -0.0488. The number of hydrogen-bond donors (Lipinski definition) is 0. The summed E-state index contributed by atoms with van der Waals surface area (Å²) in [5, 5.41) is 0. The lowest BCUT2D eigenvalue weighted by atomic mass is 9.72. The fourth-order valence-electron chi connectivity index (χ4n) is 2.56. The molecule has 0 bridgehead atoms. The third-order valence-corrected chi connectivity index (χ3v) is 3.94. The minimum absolute atomic E-state index is 0.0488. The highest BCUT2D eigenvalue weighted by Crippen LogP contribution is 2.36. The van der Waals surface area contributed by atoms with Crippen LogP contribution in [-0.4, -0.2) is 5.78 Å². The minimum Gasteiger partial charge on any atom is -0.299 e. The van der Waals surface area contributed by atoms with E-state index in [1.165, 1.54) is 25.7 Å². The number of hydrogen-bond acceptors (Lipinski definition) is 1. The van der Waals surface area contributed by atoms with Crippen LogP contribution in [0.3, 0.4) is 0 Å². The van der Waals surface area contributed by atoms with Crippen molar-refractivity contribution in [2.24, 2.45) is 11.3 Å². The van der Waals surface area contributed by atoms with E-state index in [1.54, 1.807) is 0 Å². The van der Waals surface area contributed by atoms with Crippen LogP contribution in [0.2, 0.25) is 0 Å². The molecule has 0 heterocycles. The van der Waals surface area contributed by atoms with E-state index in [-0.39, 0.29) is 5.41 Å². The Morgan fingerprint density at radius 3 is 2.71 bits per heavy atom. The molecular weight excluding hydrogens is 208 g/mol. The van der Waals surface area contributed by atoms with Crippen molar-refractivity contribution in [1.82, 2.24) is 0 Å². The van der Waals surface area contributed by atoms with Gasteiger partial charge in [-0.2, -0.15) is 0 Å². The molecule has 0 aliphatic heterocycles. The van der Waals surface area contributed by atoms with Crippen molar-refractivity contribution < 1.29 is 4.79 Å². The van der Waals surface area contributed by atoms with Crippen LogP contribution >= 0.6 is 0 Å². The topological polar surface area (TPSA) is 17.1 Å². The Kier molecular flexibility index (Phi) is 5.94. The second-order valence-corrected chi connectivity index (χ2v) is 6.19. The Hall–Kier alpha value is -0.590. The summed E-state index contributed by atoms with van der Waals surface area (Å²) in [7, 11) is 0. The van der Waals surface area contributed by atoms with E-state index in [1.807, 2.05) is 0 Å². The average Bonchev–Trinajstić information content (AvgIpc) is 2.27. The zero-order valence-electron chi connectivity index (χ0n) is 11.8. The molecule has 1 heteroatoms. The Bertz CT molecular complexity index is 265. The van der Waals surface area contributed by atoms with Crippen LogP contribution in [0, 0.1) is 11.3 Å². The fraction of sp³-hybridized carbons (Fsp3) is 0.812. The van der Waals surface area contributed by atoms with Crippen LogP contribution < -0.4 is 0 Å². The first kappa shape index (κ1) is 14.5. The summed E-state index contributed by atoms with van der Waals surface area (Å²) < 4.78 is 0. The summed E-state index contributed by atoms with van der Waals surface area (Å²) in [5.74, 6) is 1.29. The number of carbonyl (C=O) groups is 1. The monoisotopic (exact) mass is 236 g/mol. The molecule has 98 valence electrons. The second kappa shape index (κ2) is 6.98. The van der Waals surface area contributed by atoms with Gasteiger partial charge in [-0.15, -0.1) is 0 Å². The Labute approximate surface area is 107 Å². The zero-order valence-corrected chi connectivity index (χ0v) is 11.8. The molecule has 1 saturated carbocycles. The number of rotatable bonds is 6. The van der Waals surface area contributed by atoms with Crippen LogP contribution in [0.15, 0.2) is 12.2 Å². The third-order valence-electron chi connectivity index (χ3n) is 3.94. The van der Waals surface area contributed by atoms with E-state index in [0.29, 0.717) is 5.78 Å². The van der Waals surface area contributed by atoms with Crippen molar-refractivity contribution in [1.29, 1.82) is 0 Å². The first-order chi connectivity index (χ1) is 8.04. The third kappa shape index (κ3) is 5.06. The summed E-state index contributed by atoms with van der Waals surface area (Å²) in [6.45, 7) is 6.68. The molecule has 1 rings (SSSR count). The van der Waals surface area contributed by atoms with Gasteiger partial charge in [0.25, 0.3) is 0 Å². The molecule has 0 aromatic rings. The molecule has 0 amide bonds. The molecule has 0 aromatic carbocycles. The van der Waals surface area contributed by atoms with Crippen LogP contribution in [0.1, 0.15) is 72.1 Å². The van der Waals surface area contributed by atoms with Crippen molar-refractivity contribution in [3.8, 4) is 0 Å². The summed E-state index contributed by atoms with van der Waals surface area (Å²) >= 11 is 0. The van der Waals surface area contributed by atoms with Gasteiger partial charge in [0.15, 0.2) is 0 Å². The normalized spacial score (nSPS) is 26.0. The zero-order chi connectivity index (χ0) is 12.7. The molecule has 0 spiro atoms.